The van der Waals surface area contributed by atoms with Crippen LogP contribution in [0.25, 0.3) is 0 Å². The number of hydrogen-bond donors (Lipinski definition) is 0. The van der Waals surface area contributed by atoms with E-state index in [0.717, 1.165) is 6.07 Å². The third kappa shape index (κ3) is 3.97. The number of halogens is 2. The molecular weight excluding hydrogens is 330 g/mol. The lowest BCUT2D eigenvalue weighted by atomic mass is 10.1. The zero-order valence-corrected chi connectivity index (χ0v) is 13.6. The summed E-state index contributed by atoms with van der Waals surface area (Å²) in [6.45, 7) is 4.25. The zero-order chi connectivity index (χ0) is 17.0. The highest BCUT2D eigenvalue weighted by molar-refractivity contribution is 7.91. The molecule has 0 amide bonds. The predicted octanol–water partition coefficient (Wildman–Crippen LogP) is 1.75. The molecule has 1 aliphatic heterocycles. The van der Waals surface area contributed by atoms with Crippen molar-refractivity contribution in [2.24, 2.45) is 5.10 Å². The number of morpholine rings is 1. The van der Waals surface area contributed by atoms with Gasteiger partial charge in [-0.1, -0.05) is 6.07 Å². The topological polar surface area (TPSA) is 68.2 Å². The minimum Gasteiger partial charge on any atom is -0.495 e. The Labute approximate surface area is 133 Å². The lowest BCUT2D eigenvalue weighted by molar-refractivity contribution is 0.0393. The molecule has 0 spiro atoms. The molecule has 6 nitrogen and oxygen atoms in total. The number of nitrogens with zero attached hydrogens (tertiary/aromatic N) is 2. The number of sulfone groups is 1. The van der Waals surface area contributed by atoms with E-state index in [-0.39, 0.29) is 5.75 Å². The SMILES string of the molecule is COc1cc(/C(C)=N/N2CCOCC2)ccc1S(=O)(=O)C(F)F. The van der Waals surface area contributed by atoms with E-state index in [1.165, 1.54) is 19.2 Å². The molecule has 0 bridgehead atoms. The number of methoxy groups -OCH3 is 1. The second-order valence-corrected chi connectivity index (χ2v) is 6.81. The lowest BCUT2D eigenvalue weighted by Crippen LogP contribution is -2.33. The van der Waals surface area contributed by atoms with E-state index < -0.39 is 20.5 Å². The molecule has 0 unspecified atom stereocenters. The van der Waals surface area contributed by atoms with Crippen LogP contribution in [-0.2, 0) is 14.6 Å². The minimum atomic E-state index is -4.71. The summed E-state index contributed by atoms with van der Waals surface area (Å²) in [5, 5.41) is 6.27. The molecular formula is C14H18F2N2O4S. The monoisotopic (exact) mass is 348 g/mol. The molecule has 0 N–H and O–H groups in total. The Morgan fingerprint density at radius 1 is 1.35 bits per heavy atom. The summed E-state index contributed by atoms with van der Waals surface area (Å²) in [6.07, 6.45) is 0. The molecule has 23 heavy (non-hydrogen) atoms. The first kappa shape index (κ1) is 17.6. The van der Waals surface area contributed by atoms with Crippen LogP contribution in [0, 0.1) is 0 Å². The average molecular weight is 348 g/mol. The summed E-state index contributed by atoms with van der Waals surface area (Å²) in [7, 11) is -3.48. The highest BCUT2D eigenvalue weighted by Gasteiger charge is 2.30. The van der Waals surface area contributed by atoms with Crippen molar-refractivity contribution in [3.63, 3.8) is 0 Å². The van der Waals surface area contributed by atoms with Crippen molar-refractivity contribution in [1.82, 2.24) is 5.01 Å². The number of ether oxygens (including phenoxy) is 2. The fourth-order valence-electron chi connectivity index (χ4n) is 2.15. The summed E-state index contributed by atoms with van der Waals surface area (Å²) in [4.78, 5) is -0.530. The van der Waals surface area contributed by atoms with Gasteiger partial charge in [0.25, 0.3) is 0 Å². The van der Waals surface area contributed by atoms with Gasteiger partial charge in [-0.05, 0) is 19.1 Å². The third-order valence-corrected chi connectivity index (χ3v) is 4.82. The summed E-state index contributed by atoms with van der Waals surface area (Å²) in [5.41, 5.74) is 1.23. The van der Waals surface area contributed by atoms with Gasteiger partial charge in [0.05, 0.1) is 39.1 Å². The molecule has 1 fully saturated rings. The molecule has 1 aromatic rings. The normalized spacial score (nSPS) is 16.7. The van der Waals surface area contributed by atoms with Gasteiger partial charge in [-0.15, -0.1) is 0 Å². The highest BCUT2D eigenvalue weighted by atomic mass is 32.2. The number of hydrazone groups is 1. The molecule has 1 aliphatic rings. The molecule has 1 saturated heterocycles. The molecule has 0 aliphatic carbocycles. The van der Waals surface area contributed by atoms with Crippen molar-refractivity contribution < 1.29 is 26.7 Å². The molecule has 128 valence electrons. The van der Waals surface area contributed by atoms with Gasteiger partial charge in [-0.3, -0.25) is 5.01 Å². The van der Waals surface area contributed by atoms with Crippen LogP contribution >= 0.6 is 0 Å². The van der Waals surface area contributed by atoms with Crippen molar-refractivity contribution in [3.05, 3.63) is 23.8 Å². The van der Waals surface area contributed by atoms with Crippen LogP contribution in [0.5, 0.6) is 5.75 Å². The first-order valence-corrected chi connectivity index (χ1v) is 8.49. The van der Waals surface area contributed by atoms with Gasteiger partial charge in [0.2, 0.25) is 9.84 Å². The van der Waals surface area contributed by atoms with Crippen molar-refractivity contribution in [3.8, 4) is 5.75 Å². The average Bonchev–Trinajstić information content (AvgIpc) is 2.54. The van der Waals surface area contributed by atoms with Gasteiger partial charge in [-0.2, -0.15) is 13.9 Å². The third-order valence-electron chi connectivity index (χ3n) is 3.40. The Bertz CT molecular complexity index is 686. The fraction of sp³-hybridized carbons (Fsp3) is 0.500. The summed E-state index contributed by atoms with van der Waals surface area (Å²) >= 11 is 0. The molecule has 1 aromatic carbocycles. The van der Waals surface area contributed by atoms with Crippen LogP contribution < -0.4 is 4.74 Å². The van der Waals surface area contributed by atoms with Gasteiger partial charge in [-0.25, -0.2) is 8.42 Å². The van der Waals surface area contributed by atoms with Crippen molar-refractivity contribution in [1.29, 1.82) is 0 Å². The van der Waals surface area contributed by atoms with Crippen LogP contribution in [-0.4, -0.2) is 58.3 Å². The lowest BCUT2D eigenvalue weighted by Gasteiger charge is -2.24. The Hall–Kier alpha value is -1.74. The largest absolute Gasteiger partial charge is 0.495 e. The van der Waals surface area contributed by atoms with Crippen molar-refractivity contribution >= 4 is 15.5 Å². The molecule has 0 saturated carbocycles. The van der Waals surface area contributed by atoms with E-state index in [0.29, 0.717) is 37.6 Å². The minimum absolute atomic E-state index is 0.126. The summed E-state index contributed by atoms with van der Waals surface area (Å²) in [6, 6.07) is 3.96. The predicted molar refractivity (Wildman–Crippen MR) is 80.8 cm³/mol. The van der Waals surface area contributed by atoms with Crippen LogP contribution in [0.2, 0.25) is 0 Å². The van der Waals surface area contributed by atoms with Crippen LogP contribution in [0.3, 0.4) is 0 Å². The van der Waals surface area contributed by atoms with E-state index in [9.17, 15) is 17.2 Å². The van der Waals surface area contributed by atoms with Crippen LogP contribution in [0.15, 0.2) is 28.2 Å². The van der Waals surface area contributed by atoms with E-state index in [4.69, 9.17) is 9.47 Å². The van der Waals surface area contributed by atoms with E-state index >= 15 is 0 Å². The van der Waals surface area contributed by atoms with Gasteiger partial charge < -0.3 is 9.47 Å². The Kier molecular flexibility index (Phi) is 5.53. The molecule has 1 heterocycles. The summed E-state index contributed by atoms with van der Waals surface area (Å²) < 4.78 is 58.8. The molecule has 0 atom stereocenters. The number of alkyl halides is 2. The zero-order valence-electron chi connectivity index (χ0n) is 12.8. The van der Waals surface area contributed by atoms with Gasteiger partial charge in [0.1, 0.15) is 10.6 Å². The van der Waals surface area contributed by atoms with Gasteiger partial charge in [0, 0.05) is 5.56 Å². The maximum atomic E-state index is 12.7. The highest BCUT2D eigenvalue weighted by Crippen LogP contribution is 2.29. The summed E-state index contributed by atoms with van der Waals surface area (Å²) in [5.74, 6) is -3.62. The Morgan fingerprint density at radius 2 is 2.00 bits per heavy atom. The van der Waals surface area contributed by atoms with E-state index in [1.807, 2.05) is 5.01 Å². The van der Waals surface area contributed by atoms with Crippen molar-refractivity contribution in [2.75, 3.05) is 33.4 Å². The Morgan fingerprint density at radius 3 is 2.57 bits per heavy atom. The number of benzene rings is 1. The van der Waals surface area contributed by atoms with Crippen LogP contribution in [0.4, 0.5) is 8.78 Å². The van der Waals surface area contributed by atoms with E-state index in [1.54, 1.807) is 6.92 Å². The Balaban J connectivity index is 2.33. The second-order valence-electron chi connectivity index (χ2n) is 4.92. The van der Waals surface area contributed by atoms with Crippen LogP contribution in [0.1, 0.15) is 12.5 Å². The molecule has 9 heteroatoms. The first-order valence-electron chi connectivity index (χ1n) is 6.94. The smallest absolute Gasteiger partial charge is 0.341 e. The van der Waals surface area contributed by atoms with Gasteiger partial charge in [0.15, 0.2) is 0 Å². The number of rotatable bonds is 5. The van der Waals surface area contributed by atoms with E-state index in [2.05, 4.69) is 5.10 Å². The molecule has 0 radical (unpaired) electrons. The quantitative estimate of drug-likeness (QED) is 0.759. The van der Waals surface area contributed by atoms with Gasteiger partial charge >= 0.3 is 5.76 Å². The molecule has 0 aromatic heterocycles. The standard InChI is InChI=1S/C14H18F2N2O4S/c1-10(17-18-5-7-22-8-6-18)11-3-4-13(12(9-11)21-2)23(19,20)14(15)16/h3-4,9,14H,5-8H2,1-2H3/b17-10+. The fourth-order valence-corrected chi connectivity index (χ4v) is 3.02. The first-order chi connectivity index (χ1) is 10.9. The van der Waals surface area contributed by atoms with Crippen molar-refractivity contribution in [2.45, 2.75) is 17.6 Å². The number of hydrogen-bond acceptors (Lipinski definition) is 6. The maximum Gasteiger partial charge on any atom is 0.341 e. The molecule has 2 rings (SSSR count). The second kappa shape index (κ2) is 7.22. The maximum absolute atomic E-state index is 12.7.